The lowest BCUT2D eigenvalue weighted by Crippen LogP contribution is -2.24. The molecule has 2 N–H and O–H groups in total. The largest absolute Gasteiger partial charge is 0.409 e. The lowest BCUT2D eigenvalue weighted by atomic mass is 10.1. The van der Waals surface area contributed by atoms with Crippen LogP contribution in [0.1, 0.15) is 12.5 Å². The molecule has 33 heavy (non-hydrogen) atoms. The van der Waals surface area contributed by atoms with Crippen molar-refractivity contribution in [2.24, 2.45) is 5.73 Å². The molecule has 0 bridgehead atoms. The Morgan fingerprint density at radius 1 is 1.12 bits per heavy atom. The third kappa shape index (κ3) is 4.68. The van der Waals surface area contributed by atoms with E-state index in [9.17, 15) is 9.59 Å². The van der Waals surface area contributed by atoms with Crippen LogP contribution in [0.25, 0.3) is 22.4 Å². The second-order valence-electron chi connectivity index (χ2n) is 7.10. The smallest absolute Gasteiger partial charge is 0.277 e. The van der Waals surface area contributed by atoms with Crippen LogP contribution >= 0.6 is 11.8 Å². The van der Waals surface area contributed by atoms with Crippen LogP contribution in [-0.4, -0.2) is 31.5 Å². The van der Waals surface area contributed by atoms with Crippen molar-refractivity contribution in [2.45, 2.75) is 18.7 Å². The van der Waals surface area contributed by atoms with E-state index in [1.807, 2.05) is 30.3 Å². The molecule has 2 heterocycles. The second-order valence-corrected chi connectivity index (χ2v) is 8.02. The highest BCUT2D eigenvalue weighted by Crippen LogP contribution is 2.27. The Hall–Kier alpha value is -4.23. The number of hydrogen-bond donors (Lipinski definition) is 1. The molecule has 0 aliphatic carbocycles. The van der Waals surface area contributed by atoms with Gasteiger partial charge in [0.1, 0.15) is 11.6 Å². The van der Waals surface area contributed by atoms with E-state index < -0.39 is 5.78 Å². The molecule has 0 fully saturated rings. The quantitative estimate of drug-likeness (QED) is 0.251. The summed E-state index contributed by atoms with van der Waals surface area (Å²) in [7, 11) is 0. The van der Waals surface area contributed by atoms with Crippen LogP contribution in [0.4, 0.5) is 0 Å². The molecule has 4 aromatic rings. The molecule has 10 heteroatoms. The van der Waals surface area contributed by atoms with Crippen LogP contribution in [0.5, 0.6) is 0 Å². The number of nitriles is 1. The molecule has 0 unspecified atom stereocenters. The summed E-state index contributed by atoms with van der Waals surface area (Å²) < 4.78 is 7.09. The van der Waals surface area contributed by atoms with Crippen LogP contribution in [0.2, 0.25) is 0 Å². The first kappa shape index (κ1) is 22.0. The van der Waals surface area contributed by atoms with Gasteiger partial charge in [-0.25, -0.2) is 4.68 Å². The van der Waals surface area contributed by atoms with Gasteiger partial charge in [0.15, 0.2) is 11.5 Å². The highest BCUT2D eigenvalue weighted by atomic mass is 32.2. The maximum Gasteiger partial charge on any atom is 0.277 e. The van der Waals surface area contributed by atoms with Crippen molar-refractivity contribution in [3.63, 3.8) is 0 Å². The van der Waals surface area contributed by atoms with Crippen molar-refractivity contribution in [1.29, 1.82) is 5.26 Å². The molecule has 164 valence electrons. The van der Waals surface area contributed by atoms with E-state index in [2.05, 4.69) is 15.3 Å². The van der Waals surface area contributed by atoms with Gasteiger partial charge in [-0.3, -0.25) is 9.59 Å². The number of aromatic nitrogens is 4. The summed E-state index contributed by atoms with van der Waals surface area (Å²) in [5.74, 6) is -0.392. The first-order valence-corrected chi connectivity index (χ1v) is 10.9. The predicted molar refractivity (Wildman–Crippen MR) is 123 cm³/mol. The Balaban J connectivity index is 1.67. The average molecular weight is 459 g/mol. The highest BCUT2D eigenvalue weighted by Gasteiger charge is 2.19. The monoisotopic (exact) mass is 458 g/mol. The fourth-order valence-corrected chi connectivity index (χ4v) is 3.83. The van der Waals surface area contributed by atoms with E-state index >= 15 is 0 Å². The van der Waals surface area contributed by atoms with Crippen molar-refractivity contribution in [2.75, 3.05) is 5.75 Å². The van der Waals surface area contributed by atoms with E-state index in [-0.39, 0.29) is 40.2 Å². The molecule has 0 saturated heterocycles. The van der Waals surface area contributed by atoms with Crippen molar-refractivity contribution < 1.29 is 9.21 Å². The highest BCUT2D eigenvalue weighted by molar-refractivity contribution is 7.99. The van der Waals surface area contributed by atoms with Gasteiger partial charge >= 0.3 is 0 Å². The second kappa shape index (κ2) is 9.50. The minimum atomic E-state index is -0.428. The standard InChI is InChI=1S/C23H18N6O3S/c1-14(25)18(11-24)19(30)13-33-23-27-26-21(32-23)20-16-9-5-6-10-17(16)22(31)29(28-20)12-15-7-3-2-4-8-15/h2-10H,12-13,25H2,1H3/b18-14-. The van der Waals surface area contributed by atoms with Gasteiger partial charge in [0.05, 0.1) is 17.7 Å². The Morgan fingerprint density at radius 2 is 1.82 bits per heavy atom. The zero-order valence-corrected chi connectivity index (χ0v) is 18.4. The zero-order chi connectivity index (χ0) is 23.4. The molecule has 0 aliphatic heterocycles. The minimum Gasteiger partial charge on any atom is -0.409 e. The number of carbonyl (C=O) groups is 1. The van der Waals surface area contributed by atoms with Gasteiger partial charge in [-0.05, 0) is 18.6 Å². The van der Waals surface area contributed by atoms with Crippen LogP contribution in [0, 0.1) is 11.3 Å². The first-order chi connectivity index (χ1) is 16.0. The predicted octanol–water partition coefficient (Wildman–Crippen LogP) is 2.91. The number of fused-ring (bicyclic) bond motifs is 1. The van der Waals surface area contributed by atoms with E-state index in [4.69, 9.17) is 15.4 Å². The van der Waals surface area contributed by atoms with E-state index in [0.717, 1.165) is 17.3 Å². The van der Waals surface area contributed by atoms with E-state index in [1.165, 1.54) is 11.6 Å². The Labute approximate surface area is 192 Å². The molecule has 9 nitrogen and oxygen atoms in total. The number of benzene rings is 2. The number of carbonyl (C=O) groups excluding carboxylic acids is 1. The topological polar surface area (TPSA) is 141 Å². The van der Waals surface area contributed by atoms with Crippen LogP contribution in [0.3, 0.4) is 0 Å². The van der Waals surface area contributed by atoms with Gasteiger partial charge < -0.3 is 10.2 Å². The number of nitrogens with two attached hydrogens (primary N) is 1. The summed E-state index contributed by atoms with van der Waals surface area (Å²) in [6.07, 6.45) is 0. The molecule has 0 atom stereocenters. The summed E-state index contributed by atoms with van der Waals surface area (Å²) >= 11 is 0.994. The third-order valence-corrected chi connectivity index (χ3v) is 5.58. The normalized spacial score (nSPS) is 11.8. The number of hydrogen-bond acceptors (Lipinski definition) is 9. The number of rotatable bonds is 7. The lowest BCUT2D eigenvalue weighted by molar-refractivity contribution is -0.112. The molecular formula is C23H18N6O3S. The third-order valence-electron chi connectivity index (χ3n) is 4.76. The van der Waals surface area contributed by atoms with Crippen molar-refractivity contribution in [1.82, 2.24) is 20.0 Å². The summed E-state index contributed by atoms with van der Waals surface area (Å²) in [6.45, 7) is 1.77. The lowest BCUT2D eigenvalue weighted by Gasteiger charge is -2.09. The Kier molecular flexibility index (Phi) is 6.33. The zero-order valence-electron chi connectivity index (χ0n) is 17.6. The molecule has 4 rings (SSSR count). The molecule has 0 amide bonds. The Morgan fingerprint density at radius 3 is 2.52 bits per heavy atom. The van der Waals surface area contributed by atoms with Gasteiger partial charge in [0, 0.05) is 11.1 Å². The molecule has 0 aliphatic rings. The van der Waals surface area contributed by atoms with Gasteiger partial charge in [0.2, 0.25) is 0 Å². The fourth-order valence-electron chi connectivity index (χ4n) is 3.19. The summed E-state index contributed by atoms with van der Waals surface area (Å²) in [4.78, 5) is 25.2. The van der Waals surface area contributed by atoms with Crippen molar-refractivity contribution >= 4 is 28.3 Å². The first-order valence-electron chi connectivity index (χ1n) is 9.88. The fraction of sp³-hybridized carbons (Fsp3) is 0.130. The number of nitrogens with zero attached hydrogens (tertiary/aromatic N) is 5. The summed E-state index contributed by atoms with van der Waals surface area (Å²) in [5, 5.41) is 22.8. The minimum absolute atomic E-state index is 0.0826. The van der Waals surface area contributed by atoms with Crippen LogP contribution in [0.15, 0.2) is 80.3 Å². The SMILES string of the molecule is C/C(N)=C(\C#N)C(=O)CSc1nnc(-c2nn(Cc3ccccc3)c(=O)c3ccccc23)o1. The molecule has 2 aromatic carbocycles. The number of Topliss-reactive ketones (excluding diaryl/α,β-unsaturated/α-hetero) is 1. The molecule has 0 saturated carbocycles. The van der Waals surface area contributed by atoms with E-state index in [0.29, 0.717) is 16.5 Å². The summed E-state index contributed by atoms with van der Waals surface area (Å²) in [5.41, 5.74) is 6.69. The molecular weight excluding hydrogens is 440 g/mol. The van der Waals surface area contributed by atoms with E-state index in [1.54, 1.807) is 30.3 Å². The van der Waals surface area contributed by atoms with Gasteiger partial charge in [0.25, 0.3) is 16.7 Å². The van der Waals surface area contributed by atoms with Gasteiger partial charge in [-0.15, -0.1) is 10.2 Å². The van der Waals surface area contributed by atoms with Crippen molar-refractivity contribution in [3.05, 3.63) is 81.8 Å². The maximum absolute atomic E-state index is 13.0. The van der Waals surface area contributed by atoms with Crippen LogP contribution < -0.4 is 11.3 Å². The van der Waals surface area contributed by atoms with Crippen molar-refractivity contribution in [3.8, 4) is 17.7 Å². The van der Waals surface area contributed by atoms with Gasteiger partial charge in [-0.2, -0.15) is 10.4 Å². The molecule has 0 radical (unpaired) electrons. The van der Waals surface area contributed by atoms with Gasteiger partial charge in [-0.1, -0.05) is 60.3 Å². The number of ketones is 1. The number of thioether (sulfide) groups is 1. The van der Waals surface area contributed by atoms with Crippen LogP contribution in [-0.2, 0) is 11.3 Å². The Bertz CT molecular complexity index is 1460. The molecule has 2 aromatic heterocycles. The average Bonchev–Trinajstić information content (AvgIpc) is 3.29. The summed E-state index contributed by atoms with van der Waals surface area (Å²) in [6, 6.07) is 18.4. The maximum atomic E-state index is 13.0. The molecule has 0 spiro atoms. The number of allylic oxidation sites excluding steroid dienone is 2.